The summed E-state index contributed by atoms with van der Waals surface area (Å²) < 4.78 is 0. The Morgan fingerprint density at radius 3 is 2.12 bits per heavy atom. The number of amides is 1. The molecule has 0 bridgehead atoms. The highest BCUT2D eigenvalue weighted by Crippen LogP contribution is 2.24. The van der Waals surface area contributed by atoms with Crippen molar-refractivity contribution < 1.29 is 14.7 Å². The first-order chi connectivity index (χ1) is 12.4. The fourth-order valence-electron chi connectivity index (χ4n) is 2.67. The predicted molar refractivity (Wildman–Crippen MR) is 103 cm³/mol. The van der Waals surface area contributed by atoms with Gasteiger partial charge in [-0.25, -0.2) is 0 Å². The Labute approximate surface area is 153 Å². The third-order valence-corrected chi connectivity index (χ3v) is 4.08. The Kier molecular flexibility index (Phi) is 6.69. The molecule has 0 aliphatic heterocycles. The maximum Gasteiger partial charge on any atom is 0.251 e. The number of ketones is 1. The number of nitrogens with one attached hydrogen (secondary N) is 1. The van der Waals surface area contributed by atoms with E-state index in [9.17, 15) is 9.59 Å². The smallest absolute Gasteiger partial charge is 0.251 e. The maximum absolute atomic E-state index is 12.2. The van der Waals surface area contributed by atoms with E-state index in [0.29, 0.717) is 28.8 Å². The van der Waals surface area contributed by atoms with Gasteiger partial charge in [-0.2, -0.15) is 0 Å². The summed E-state index contributed by atoms with van der Waals surface area (Å²) in [6.45, 7) is 3.33. The quantitative estimate of drug-likeness (QED) is 0.527. The van der Waals surface area contributed by atoms with Crippen molar-refractivity contribution in [3.8, 4) is 0 Å². The molecule has 136 valence electrons. The summed E-state index contributed by atoms with van der Waals surface area (Å²) in [7, 11) is 0. The van der Waals surface area contributed by atoms with E-state index >= 15 is 0 Å². The van der Waals surface area contributed by atoms with Crippen LogP contribution in [0.3, 0.4) is 0 Å². The van der Waals surface area contributed by atoms with Gasteiger partial charge in [0.25, 0.3) is 5.91 Å². The van der Waals surface area contributed by atoms with Gasteiger partial charge in [0.05, 0.1) is 5.70 Å². The molecular weight excluding hydrogens is 328 g/mol. The largest absolute Gasteiger partial charge is 0.398 e. The Balaban J connectivity index is 2.30. The van der Waals surface area contributed by atoms with Crippen LogP contribution in [0.1, 0.15) is 41.8 Å². The average Bonchev–Trinajstić information content (AvgIpc) is 2.63. The summed E-state index contributed by atoms with van der Waals surface area (Å²) in [6.07, 6.45) is 0.495. The van der Waals surface area contributed by atoms with Gasteiger partial charge in [0.15, 0.2) is 5.78 Å². The van der Waals surface area contributed by atoms with E-state index in [1.54, 1.807) is 24.3 Å². The highest BCUT2D eigenvalue weighted by Gasteiger charge is 2.15. The molecule has 2 rings (SSSR count). The first-order valence-electron chi connectivity index (χ1n) is 8.52. The van der Waals surface area contributed by atoms with E-state index in [1.807, 2.05) is 37.3 Å². The second kappa shape index (κ2) is 8.97. The van der Waals surface area contributed by atoms with Crippen molar-refractivity contribution in [2.24, 2.45) is 5.73 Å². The molecule has 0 aromatic heterocycles. The van der Waals surface area contributed by atoms with Gasteiger partial charge in [-0.1, -0.05) is 42.5 Å². The first-order valence-corrected chi connectivity index (χ1v) is 8.52. The fraction of sp³-hybridized carbons (Fsp3) is 0.238. The van der Waals surface area contributed by atoms with Crippen LogP contribution in [0.15, 0.2) is 54.6 Å². The van der Waals surface area contributed by atoms with Gasteiger partial charge in [-0.05, 0) is 43.5 Å². The molecule has 1 amide bonds. The number of aliphatic hydroxyl groups excluding tert-OH is 1. The second-order valence-corrected chi connectivity index (χ2v) is 6.18. The topological polar surface area (TPSA) is 92.4 Å². The number of benzene rings is 2. The van der Waals surface area contributed by atoms with E-state index in [1.165, 1.54) is 6.92 Å². The Hall–Kier alpha value is -2.92. The number of rotatable bonds is 7. The molecule has 5 heteroatoms. The molecular formula is C21H24N2O3. The fourth-order valence-corrected chi connectivity index (χ4v) is 2.67. The zero-order chi connectivity index (χ0) is 19.1. The van der Waals surface area contributed by atoms with Crippen molar-refractivity contribution in [2.45, 2.75) is 26.3 Å². The number of Topliss-reactive ketones (excluding diaryl/α,β-unsaturated/α-hetero) is 1. The molecule has 0 fully saturated rings. The number of hydrogen-bond acceptors (Lipinski definition) is 4. The molecule has 0 radical (unpaired) electrons. The lowest BCUT2D eigenvalue weighted by Gasteiger charge is -2.13. The van der Waals surface area contributed by atoms with Crippen LogP contribution in [0.25, 0.3) is 11.3 Å². The first kappa shape index (κ1) is 19.4. The minimum Gasteiger partial charge on any atom is -0.398 e. The Morgan fingerprint density at radius 2 is 1.58 bits per heavy atom. The van der Waals surface area contributed by atoms with Crippen molar-refractivity contribution in [3.05, 3.63) is 71.3 Å². The van der Waals surface area contributed by atoms with Crippen LogP contribution in [-0.2, 0) is 4.79 Å². The molecule has 2 aromatic carbocycles. The van der Waals surface area contributed by atoms with E-state index in [-0.39, 0.29) is 24.3 Å². The summed E-state index contributed by atoms with van der Waals surface area (Å²) in [4.78, 5) is 24.4. The number of aliphatic hydroxyl groups is 1. The van der Waals surface area contributed by atoms with Crippen LogP contribution in [0.4, 0.5) is 0 Å². The summed E-state index contributed by atoms with van der Waals surface area (Å²) >= 11 is 0. The van der Waals surface area contributed by atoms with Crippen molar-refractivity contribution in [1.82, 2.24) is 5.32 Å². The zero-order valence-electron chi connectivity index (χ0n) is 15.0. The van der Waals surface area contributed by atoms with Gasteiger partial charge < -0.3 is 16.2 Å². The molecule has 5 nitrogen and oxygen atoms in total. The third kappa shape index (κ3) is 4.80. The molecule has 26 heavy (non-hydrogen) atoms. The van der Waals surface area contributed by atoms with Crippen molar-refractivity contribution >= 4 is 23.0 Å². The molecule has 0 aliphatic carbocycles. The minimum absolute atomic E-state index is 0.0198. The number of carbonyl (C=O) groups excluding carboxylic acids is 2. The minimum atomic E-state index is -0.220. The summed E-state index contributed by atoms with van der Waals surface area (Å²) in [6, 6.07) is 16.0. The lowest BCUT2D eigenvalue weighted by molar-refractivity contribution is -0.111. The van der Waals surface area contributed by atoms with Gasteiger partial charge in [-0.3, -0.25) is 9.59 Å². The van der Waals surface area contributed by atoms with Crippen molar-refractivity contribution in [2.75, 3.05) is 6.61 Å². The SMILES string of the molecule is CC(=O)C(=C(N)c1ccccc1)c1ccc(C(=O)N[C@H](C)CCO)cc1. The van der Waals surface area contributed by atoms with Crippen LogP contribution in [0.2, 0.25) is 0 Å². The number of nitrogens with two attached hydrogens (primary N) is 1. The lowest BCUT2D eigenvalue weighted by Crippen LogP contribution is -2.33. The van der Waals surface area contributed by atoms with Crippen LogP contribution in [0.5, 0.6) is 0 Å². The van der Waals surface area contributed by atoms with Gasteiger partial charge in [0, 0.05) is 23.8 Å². The molecule has 0 heterocycles. The second-order valence-electron chi connectivity index (χ2n) is 6.18. The highest BCUT2D eigenvalue weighted by atomic mass is 16.3. The van der Waals surface area contributed by atoms with Crippen LogP contribution in [-0.4, -0.2) is 29.4 Å². The number of carbonyl (C=O) groups is 2. The molecule has 0 spiro atoms. The molecule has 0 unspecified atom stereocenters. The molecule has 0 saturated heterocycles. The molecule has 1 atom stereocenters. The van der Waals surface area contributed by atoms with Gasteiger partial charge in [0.1, 0.15) is 0 Å². The summed E-state index contributed by atoms with van der Waals surface area (Å²) in [5, 5.41) is 11.7. The van der Waals surface area contributed by atoms with Gasteiger partial charge in [0.2, 0.25) is 0 Å². The Morgan fingerprint density at radius 1 is 1.00 bits per heavy atom. The van der Waals surface area contributed by atoms with Crippen LogP contribution in [0, 0.1) is 0 Å². The van der Waals surface area contributed by atoms with Crippen molar-refractivity contribution in [3.63, 3.8) is 0 Å². The predicted octanol–water partition coefficient (Wildman–Crippen LogP) is 2.60. The number of allylic oxidation sites excluding steroid dienone is 1. The standard InChI is InChI=1S/C21H24N2O3/c1-14(12-13-24)23-21(26)18-10-8-16(9-11-18)19(15(2)25)20(22)17-6-4-3-5-7-17/h3-11,14,24H,12-13,22H2,1-2H3,(H,23,26)/t14-/m1/s1. The Bertz CT molecular complexity index is 796. The highest BCUT2D eigenvalue weighted by molar-refractivity contribution is 6.26. The average molecular weight is 352 g/mol. The summed E-state index contributed by atoms with van der Waals surface area (Å²) in [5.74, 6) is -0.359. The zero-order valence-corrected chi connectivity index (χ0v) is 15.0. The maximum atomic E-state index is 12.2. The molecule has 4 N–H and O–H groups in total. The van der Waals surface area contributed by atoms with E-state index in [0.717, 1.165) is 5.56 Å². The van der Waals surface area contributed by atoms with E-state index in [4.69, 9.17) is 10.8 Å². The van der Waals surface area contributed by atoms with Crippen LogP contribution < -0.4 is 11.1 Å². The normalized spacial score (nSPS) is 12.9. The lowest BCUT2D eigenvalue weighted by atomic mass is 9.96. The summed E-state index contributed by atoms with van der Waals surface area (Å²) in [5.41, 5.74) is 8.99. The van der Waals surface area contributed by atoms with E-state index in [2.05, 4.69) is 5.32 Å². The van der Waals surface area contributed by atoms with Crippen molar-refractivity contribution in [1.29, 1.82) is 0 Å². The molecule has 0 saturated carbocycles. The van der Waals surface area contributed by atoms with E-state index < -0.39 is 0 Å². The number of hydrogen-bond donors (Lipinski definition) is 3. The monoisotopic (exact) mass is 352 g/mol. The van der Waals surface area contributed by atoms with Gasteiger partial charge >= 0.3 is 0 Å². The molecule has 0 aliphatic rings. The van der Waals surface area contributed by atoms with Crippen LogP contribution >= 0.6 is 0 Å². The van der Waals surface area contributed by atoms with Gasteiger partial charge in [-0.15, -0.1) is 0 Å². The molecule has 2 aromatic rings. The third-order valence-electron chi connectivity index (χ3n) is 4.08.